The van der Waals surface area contributed by atoms with E-state index in [1.807, 2.05) is 0 Å². The van der Waals surface area contributed by atoms with E-state index < -0.39 is 0 Å². The molecule has 1 aliphatic carbocycles. The third-order valence-electron chi connectivity index (χ3n) is 3.32. The molecule has 0 aliphatic heterocycles. The molecular formula is C15H16N4O2S. The molecule has 1 aromatic heterocycles. The summed E-state index contributed by atoms with van der Waals surface area (Å²) in [4.78, 5) is 27.8. The molecule has 0 radical (unpaired) electrons. The van der Waals surface area contributed by atoms with E-state index >= 15 is 0 Å². The van der Waals surface area contributed by atoms with Crippen LogP contribution in [-0.4, -0.2) is 16.8 Å². The van der Waals surface area contributed by atoms with E-state index in [9.17, 15) is 9.59 Å². The monoisotopic (exact) mass is 316 g/mol. The summed E-state index contributed by atoms with van der Waals surface area (Å²) in [5, 5.41) is 8.02. The largest absolute Gasteiger partial charge is 0.326 e. The summed E-state index contributed by atoms with van der Waals surface area (Å²) in [6.07, 6.45) is 1.94. The minimum Gasteiger partial charge on any atom is -0.326 e. The summed E-state index contributed by atoms with van der Waals surface area (Å²) in [6.45, 7) is 0.327. The Kier molecular flexibility index (Phi) is 4.17. The van der Waals surface area contributed by atoms with Crippen molar-refractivity contribution in [2.24, 2.45) is 11.7 Å². The number of nitrogens with two attached hydrogens (primary N) is 1. The Hall–Kier alpha value is -2.25. The fourth-order valence-corrected chi connectivity index (χ4v) is 2.59. The van der Waals surface area contributed by atoms with Crippen molar-refractivity contribution in [1.82, 2.24) is 4.98 Å². The van der Waals surface area contributed by atoms with E-state index in [0.29, 0.717) is 17.9 Å². The van der Waals surface area contributed by atoms with Crippen LogP contribution in [0.15, 0.2) is 29.6 Å². The number of nitrogens with one attached hydrogen (secondary N) is 2. The first kappa shape index (κ1) is 14.7. The molecule has 1 heterocycles. The Morgan fingerprint density at radius 2 is 1.82 bits per heavy atom. The SMILES string of the molecule is NCc1nc(C(=O)Nc2ccc(NC(=O)C3CC3)cc2)cs1. The molecule has 7 heteroatoms. The molecule has 1 aromatic carbocycles. The van der Waals surface area contributed by atoms with Crippen molar-refractivity contribution >= 4 is 34.5 Å². The summed E-state index contributed by atoms with van der Waals surface area (Å²) in [7, 11) is 0. The molecule has 1 fully saturated rings. The molecular weight excluding hydrogens is 300 g/mol. The van der Waals surface area contributed by atoms with E-state index in [1.165, 1.54) is 11.3 Å². The van der Waals surface area contributed by atoms with Crippen LogP contribution in [0, 0.1) is 5.92 Å². The highest BCUT2D eigenvalue weighted by Gasteiger charge is 2.29. The van der Waals surface area contributed by atoms with Gasteiger partial charge in [0.15, 0.2) is 0 Å². The molecule has 114 valence electrons. The van der Waals surface area contributed by atoms with Gasteiger partial charge in [0.05, 0.1) is 0 Å². The Balaban J connectivity index is 1.60. The van der Waals surface area contributed by atoms with Gasteiger partial charge in [0.2, 0.25) is 5.91 Å². The summed E-state index contributed by atoms with van der Waals surface area (Å²) in [5.41, 5.74) is 7.22. The molecule has 1 saturated carbocycles. The molecule has 0 atom stereocenters. The Labute approximate surface area is 131 Å². The maximum atomic E-state index is 12.0. The van der Waals surface area contributed by atoms with Crippen molar-refractivity contribution in [3.63, 3.8) is 0 Å². The molecule has 0 bridgehead atoms. The maximum absolute atomic E-state index is 12.0. The van der Waals surface area contributed by atoms with Crippen LogP contribution in [0.5, 0.6) is 0 Å². The van der Waals surface area contributed by atoms with Crippen LogP contribution in [0.3, 0.4) is 0 Å². The van der Waals surface area contributed by atoms with Gasteiger partial charge in [0.1, 0.15) is 10.7 Å². The van der Waals surface area contributed by atoms with Gasteiger partial charge in [-0.15, -0.1) is 11.3 Å². The van der Waals surface area contributed by atoms with E-state index in [0.717, 1.165) is 23.5 Å². The van der Waals surface area contributed by atoms with Crippen molar-refractivity contribution < 1.29 is 9.59 Å². The predicted molar refractivity (Wildman–Crippen MR) is 85.8 cm³/mol. The van der Waals surface area contributed by atoms with E-state index in [-0.39, 0.29) is 17.7 Å². The summed E-state index contributed by atoms with van der Waals surface area (Å²) in [6, 6.07) is 7.03. The van der Waals surface area contributed by atoms with Crippen molar-refractivity contribution in [2.45, 2.75) is 19.4 Å². The predicted octanol–water partition coefficient (Wildman–Crippen LogP) is 2.20. The van der Waals surface area contributed by atoms with Gasteiger partial charge in [-0.3, -0.25) is 9.59 Å². The second kappa shape index (κ2) is 6.25. The molecule has 2 aromatic rings. The molecule has 4 N–H and O–H groups in total. The molecule has 6 nitrogen and oxygen atoms in total. The smallest absolute Gasteiger partial charge is 0.275 e. The fraction of sp³-hybridized carbons (Fsp3) is 0.267. The number of carbonyl (C=O) groups excluding carboxylic acids is 2. The zero-order valence-electron chi connectivity index (χ0n) is 11.8. The topological polar surface area (TPSA) is 97.1 Å². The third-order valence-corrected chi connectivity index (χ3v) is 4.19. The number of rotatable bonds is 5. The number of carbonyl (C=O) groups is 2. The highest BCUT2D eigenvalue weighted by molar-refractivity contribution is 7.09. The van der Waals surface area contributed by atoms with Crippen LogP contribution in [0.25, 0.3) is 0 Å². The lowest BCUT2D eigenvalue weighted by Gasteiger charge is -2.06. The number of hydrogen-bond acceptors (Lipinski definition) is 5. The van der Waals surface area contributed by atoms with Gasteiger partial charge in [-0.25, -0.2) is 4.98 Å². The van der Waals surface area contributed by atoms with Gasteiger partial charge >= 0.3 is 0 Å². The molecule has 22 heavy (non-hydrogen) atoms. The second-order valence-electron chi connectivity index (χ2n) is 5.13. The van der Waals surface area contributed by atoms with Crippen molar-refractivity contribution in [3.05, 3.63) is 40.3 Å². The van der Waals surface area contributed by atoms with Gasteiger partial charge in [0.25, 0.3) is 5.91 Å². The highest BCUT2D eigenvalue weighted by Crippen LogP contribution is 2.30. The van der Waals surface area contributed by atoms with E-state index in [2.05, 4.69) is 15.6 Å². The number of hydrogen-bond donors (Lipinski definition) is 3. The van der Waals surface area contributed by atoms with Gasteiger partial charge in [0, 0.05) is 29.2 Å². The van der Waals surface area contributed by atoms with E-state index in [4.69, 9.17) is 5.73 Å². The van der Waals surface area contributed by atoms with Crippen LogP contribution in [0.4, 0.5) is 11.4 Å². The molecule has 0 spiro atoms. The number of anilines is 2. The maximum Gasteiger partial charge on any atom is 0.275 e. The minimum atomic E-state index is -0.272. The summed E-state index contributed by atoms with van der Waals surface area (Å²) in [5.74, 6) is -0.0416. The lowest BCUT2D eigenvalue weighted by Crippen LogP contribution is -2.14. The molecule has 3 rings (SSSR count). The van der Waals surface area contributed by atoms with Crippen molar-refractivity contribution in [1.29, 1.82) is 0 Å². The fourth-order valence-electron chi connectivity index (χ4n) is 1.93. The zero-order chi connectivity index (χ0) is 15.5. The Morgan fingerprint density at radius 1 is 1.18 bits per heavy atom. The highest BCUT2D eigenvalue weighted by atomic mass is 32.1. The van der Waals surface area contributed by atoms with Crippen LogP contribution in [0.1, 0.15) is 28.3 Å². The molecule has 0 saturated heterocycles. The number of benzene rings is 1. The van der Waals surface area contributed by atoms with Crippen LogP contribution in [0.2, 0.25) is 0 Å². The first-order valence-electron chi connectivity index (χ1n) is 7.02. The normalized spacial score (nSPS) is 13.7. The number of amides is 2. The van der Waals surface area contributed by atoms with Gasteiger partial charge in [-0.2, -0.15) is 0 Å². The third kappa shape index (κ3) is 3.49. The van der Waals surface area contributed by atoms with E-state index in [1.54, 1.807) is 29.6 Å². The number of thiazole rings is 1. The number of aromatic nitrogens is 1. The van der Waals surface area contributed by atoms with Crippen LogP contribution in [-0.2, 0) is 11.3 Å². The van der Waals surface area contributed by atoms with Crippen LogP contribution >= 0.6 is 11.3 Å². The lowest BCUT2D eigenvalue weighted by molar-refractivity contribution is -0.117. The van der Waals surface area contributed by atoms with Crippen molar-refractivity contribution in [3.8, 4) is 0 Å². The van der Waals surface area contributed by atoms with Crippen LogP contribution < -0.4 is 16.4 Å². The average Bonchev–Trinajstić information content (AvgIpc) is 3.26. The molecule has 2 amide bonds. The zero-order valence-corrected chi connectivity index (χ0v) is 12.7. The standard InChI is InChI=1S/C15H16N4O2S/c16-7-13-19-12(8-22-13)15(21)18-11-5-3-10(4-6-11)17-14(20)9-1-2-9/h3-6,8-9H,1-2,7,16H2,(H,17,20)(H,18,21). The Morgan fingerprint density at radius 3 is 2.36 bits per heavy atom. The first-order valence-corrected chi connectivity index (χ1v) is 7.90. The second-order valence-corrected chi connectivity index (χ2v) is 6.07. The molecule has 0 unspecified atom stereocenters. The minimum absolute atomic E-state index is 0.0635. The summed E-state index contributed by atoms with van der Waals surface area (Å²) < 4.78 is 0. The van der Waals surface area contributed by atoms with Gasteiger partial charge < -0.3 is 16.4 Å². The lowest BCUT2D eigenvalue weighted by atomic mass is 10.2. The number of nitrogens with zero attached hydrogens (tertiary/aromatic N) is 1. The average molecular weight is 316 g/mol. The van der Waals surface area contributed by atoms with Gasteiger partial charge in [-0.05, 0) is 37.1 Å². The van der Waals surface area contributed by atoms with Gasteiger partial charge in [-0.1, -0.05) is 0 Å². The first-order chi connectivity index (χ1) is 10.7. The molecule has 1 aliphatic rings. The van der Waals surface area contributed by atoms with Crippen molar-refractivity contribution in [2.75, 3.05) is 10.6 Å². The Bertz CT molecular complexity index is 692. The summed E-state index contributed by atoms with van der Waals surface area (Å²) >= 11 is 1.36. The quantitative estimate of drug-likeness (QED) is 0.787.